The molecule has 180 valence electrons. The molecule has 1 fully saturated rings. The van der Waals surface area contributed by atoms with Crippen molar-refractivity contribution in [3.63, 3.8) is 0 Å². The average Bonchev–Trinajstić information content (AvgIpc) is 2.81. The molecule has 8 nitrogen and oxygen atoms in total. The van der Waals surface area contributed by atoms with Crippen molar-refractivity contribution in [3.05, 3.63) is 59.3 Å². The molecular formula is C24H36IN7O. The number of amides is 1. The summed E-state index contributed by atoms with van der Waals surface area (Å²) in [7, 11) is 5.67. The smallest absolute Gasteiger partial charge is 0.253 e. The highest BCUT2D eigenvalue weighted by molar-refractivity contribution is 14.0. The van der Waals surface area contributed by atoms with E-state index >= 15 is 0 Å². The summed E-state index contributed by atoms with van der Waals surface area (Å²) < 4.78 is 0. The van der Waals surface area contributed by atoms with Crippen molar-refractivity contribution in [1.29, 1.82) is 0 Å². The fraction of sp³-hybridized carbons (Fsp3) is 0.458. The molecule has 0 atom stereocenters. The molecule has 9 heteroatoms. The van der Waals surface area contributed by atoms with Crippen molar-refractivity contribution in [1.82, 2.24) is 25.4 Å². The Morgan fingerprint density at radius 2 is 1.76 bits per heavy atom. The lowest BCUT2D eigenvalue weighted by Gasteiger charge is -2.33. The number of nitrogens with one attached hydrogen (secondary N) is 2. The molecule has 0 aliphatic carbocycles. The molecule has 1 aliphatic rings. The molecule has 2 heterocycles. The minimum Gasteiger partial charge on any atom is -0.357 e. The van der Waals surface area contributed by atoms with Crippen LogP contribution >= 0.6 is 24.0 Å². The maximum absolute atomic E-state index is 12.0. The van der Waals surface area contributed by atoms with Gasteiger partial charge >= 0.3 is 0 Å². The molecule has 1 amide bonds. The summed E-state index contributed by atoms with van der Waals surface area (Å²) in [5.41, 5.74) is 2.91. The normalized spacial score (nSPS) is 14.4. The third-order valence-corrected chi connectivity index (χ3v) is 5.47. The van der Waals surface area contributed by atoms with E-state index in [2.05, 4.69) is 45.5 Å². The number of aromatic nitrogens is 1. The van der Waals surface area contributed by atoms with E-state index < -0.39 is 0 Å². The van der Waals surface area contributed by atoms with Crippen molar-refractivity contribution in [3.8, 4) is 0 Å². The second kappa shape index (κ2) is 13.3. The fourth-order valence-electron chi connectivity index (χ4n) is 3.49. The van der Waals surface area contributed by atoms with Gasteiger partial charge in [-0.05, 0) is 49.4 Å². The highest BCUT2D eigenvalue weighted by Gasteiger charge is 2.15. The first kappa shape index (κ1) is 26.8. The average molecular weight is 566 g/mol. The zero-order valence-electron chi connectivity index (χ0n) is 20.0. The highest BCUT2D eigenvalue weighted by Crippen LogP contribution is 2.15. The van der Waals surface area contributed by atoms with Gasteiger partial charge in [0.1, 0.15) is 5.82 Å². The second-order valence-electron chi connectivity index (χ2n) is 8.26. The molecule has 2 N–H and O–H groups in total. The van der Waals surface area contributed by atoms with Crippen LogP contribution in [0.15, 0.2) is 47.6 Å². The summed E-state index contributed by atoms with van der Waals surface area (Å²) in [5, 5.41) is 6.67. The minimum atomic E-state index is 0. The molecule has 3 rings (SSSR count). The van der Waals surface area contributed by atoms with E-state index in [0.29, 0.717) is 18.7 Å². The molecule has 0 radical (unpaired) electrons. The SMILES string of the molecule is CCNC(=NCc1ccnc(N2CCN(C)CC2)c1)NCc1ccc(C(=O)N(C)C)cc1.I. The van der Waals surface area contributed by atoms with Gasteiger partial charge < -0.3 is 25.3 Å². The highest BCUT2D eigenvalue weighted by atomic mass is 127. The van der Waals surface area contributed by atoms with Crippen molar-refractivity contribution >= 4 is 41.7 Å². The van der Waals surface area contributed by atoms with Crippen molar-refractivity contribution < 1.29 is 4.79 Å². The predicted molar refractivity (Wildman–Crippen MR) is 145 cm³/mol. The van der Waals surface area contributed by atoms with Crippen LogP contribution in [0.2, 0.25) is 0 Å². The number of nitrogens with zero attached hydrogens (tertiary/aromatic N) is 5. The number of likely N-dealkylation sites (N-methyl/N-ethyl adjacent to an activating group) is 1. The lowest BCUT2D eigenvalue weighted by molar-refractivity contribution is 0.0827. The molecule has 33 heavy (non-hydrogen) atoms. The van der Waals surface area contributed by atoms with E-state index in [1.807, 2.05) is 36.5 Å². The monoisotopic (exact) mass is 565 g/mol. The number of halogens is 1. The summed E-state index contributed by atoms with van der Waals surface area (Å²) in [6.45, 7) is 8.16. The van der Waals surface area contributed by atoms with Crippen LogP contribution in [0.5, 0.6) is 0 Å². The summed E-state index contributed by atoms with van der Waals surface area (Å²) in [6.07, 6.45) is 1.87. The Bertz CT molecular complexity index is 909. The van der Waals surface area contributed by atoms with Crippen molar-refractivity contribution in [2.75, 3.05) is 58.8 Å². The van der Waals surface area contributed by atoms with E-state index in [9.17, 15) is 4.79 Å². The van der Waals surface area contributed by atoms with Gasteiger partial charge in [0.2, 0.25) is 0 Å². The van der Waals surface area contributed by atoms with E-state index in [4.69, 9.17) is 4.99 Å². The summed E-state index contributed by atoms with van der Waals surface area (Å²) >= 11 is 0. The van der Waals surface area contributed by atoms with Gasteiger partial charge in [-0.2, -0.15) is 0 Å². The number of anilines is 1. The Balaban J connectivity index is 0.00000385. The molecule has 0 bridgehead atoms. The maximum atomic E-state index is 12.0. The van der Waals surface area contributed by atoms with Gasteiger partial charge in [-0.15, -0.1) is 24.0 Å². The Kier molecular flexibility index (Phi) is 10.9. The van der Waals surface area contributed by atoms with Crippen LogP contribution in [0, 0.1) is 0 Å². The largest absolute Gasteiger partial charge is 0.357 e. The molecule has 1 aromatic carbocycles. The first-order valence-electron chi connectivity index (χ1n) is 11.2. The Hall–Kier alpha value is -2.40. The number of aliphatic imine (C=N–C) groups is 1. The van der Waals surface area contributed by atoms with Gasteiger partial charge in [0, 0.05) is 65.1 Å². The standard InChI is InChI=1S/C24H35N7O.HI/c1-5-25-24(27-17-19-6-8-21(9-7-19)23(32)29(2)3)28-18-20-10-11-26-22(16-20)31-14-12-30(4)13-15-31;/h6-11,16H,5,12-15,17-18H2,1-4H3,(H2,25,27,28);1H. The zero-order valence-corrected chi connectivity index (χ0v) is 22.4. The number of guanidine groups is 1. The van der Waals surface area contributed by atoms with Crippen LogP contribution in [0.1, 0.15) is 28.4 Å². The Morgan fingerprint density at radius 3 is 2.39 bits per heavy atom. The van der Waals surface area contributed by atoms with Crippen LogP contribution in [-0.4, -0.2) is 80.5 Å². The number of pyridine rings is 1. The summed E-state index contributed by atoms with van der Waals surface area (Å²) in [5.74, 6) is 1.79. The van der Waals surface area contributed by atoms with E-state index in [1.165, 1.54) is 0 Å². The lowest BCUT2D eigenvalue weighted by Crippen LogP contribution is -2.44. The number of rotatable bonds is 7. The number of carbonyl (C=O) groups excluding carboxylic acids is 1. The maximum Gasteiger partial charge on any atom is 0.253 e. The number of benzene rings is 1. The number of hydrogen-bond acceptors (Lipinski definition) is 5. The van der Waals surface area contributed by atoms with Crippen LogP contribution in [0.4, 0.5) is 5.82 Å². The predicted octanol–water partition coefficient (Wildman–Crippen LogP) is 2.41. The molecule has 1 saturated heterocycles. The quantitative estimate of drug-likeness (QED) is 0.305. The molecule has 1 aliphatic heterocycles. The van der Waals surface area contributed by atoms with Gasteiger partial charge in [0.05, 0.1) is 6.54 Å². The Labute approximate surface area is 214 Å². The number of hydrogen-bond donors (Lipinski definition) is 2. The lowest BCUT2D eigenvalue weighted by atomic mass is 10.1. The van der Waals surface area contributed by atoms with Crippen molar-refractivity contribution in [2.45, 2.75) is 20.0 Å². The zero-order chi connectivity index (χ0) is 22.9. The number of piperazine rings is 1. The molecule has 2 aromatic rings. The van der Waals surface area contributed by atoms with Gasteiger partial charge in [-0.3, -0.25) is 4.79 Å². The molecule has 0 unspecified atom stereocenters. The van der Waals surface area contributed by atoms with Gasteiger partial charge in [-0.1, -0.05) is 12.1 Å². The van der Waals surface area contributed by atoms with E-state index in [1.54, 1.807) is 19.0 Å². The fourth-order valence-corrected chi connectivity index (χ4v) is 3.49. The van der Waals surface area contributed by atoms with E-state index in [0.717, 1.165) is 55.6 Å². The third kappa shape index (κ3) is 8.15. The van der Waals surface area contributed by atoms with Crippen LogP contribution < -0.4 is 15.5 Å². The van der Waals surface area contributed by atoms with Gasteiger partial charge in [0.15, 0.2) is 5.96 Å². The summed E-state index contributed by atoms with van der Waals surface area (Å²) in [4.78, 5) is 27.6. The van der Waals surface area contributed by atoms with Crippen LogP contribution in [0.25, 0.3) is 0 Å². The first-order valence-corrected chi connectivity index (χ1v) is 11.2. The number of carbonyl (C=O) groups is 1. The molecule has 1 aromatic heterocycles. The van der Waals surface area contributed by atoms with Crippen LogP contribution in [-0.2, 0) is 13.1 Å². The molecule has 0 spiro atoms. The topological polar surface area (TPSA) is 76.1 Å². The molecular weight excluding hydrogens is 529 g/mol. The van der Waals surface area contributed by atoms with Crippen LogP contribution in [0.3, 0.4) is 0 Å². The molecule has 0 saturated carbocycles. The van der Waals surface area contributed by atoms with Gasteiger partial charge in [0.25, 0.3) is 5.91 Å². The Morgan fingerprint density at radius 1 is 1.06 bits per heavy atom. The van der Waals surface area contributed by atoms with Crippen molar-refractivity contribution in [2.24, 2.45) is 4.99 Å². The minimum absolute atomic E-state index is 0. The first-order chi connectivity index (χ1) is 15.5. The summed E-state index contributed by atoms with van der Waals surface area (Å²) in [6, 6.07) is 11.8. The third-order valence-electron chi connectivity index (χ3n) is 5.47. The van der Waals surface area contributed by atoms with E-state index in [-0.39, 0.29) is 29.9 Å². The second-order valence-corrected chi connectivity index (χ2v) is 8.26. The van der Waals surface area contributed by atoms with Gasteiger partial charge in [-0.25, -0.2) is 9.98 Å².